The second-order valence-electron chi connectivity index (χ2n) is 4.80. The lowest BCUT2D eigenvalue weighted by Crippen LogP contribution is -2.41. The van der Waals surface area contributed by atoms with Crippen molar-refractivity contribution < 1.29 is 18.3 Å². The van der Waals surface area contributed by atoms with Crippen LogP contribution in [-0.4, -0.2) is 62.3 Å². The molecule has 0 unspecified atom stereocenters. The van der Waals surface area contributed by atoms with Gasteiger partial charge in [-0.05, 0) is 25.0 Å². The number of sulfonamides is 1. The van der Waals surface area contributed by atoms with Crippen LogP contribution in [0.5, 0.6) is 0 Å². The van der Waals surface area contributed by atoms with Gasteiger partial charge in [0.25, 0.3) is 10.0 Å². The molecule has 0 amide bonds. The molecule has 0 radical (unpaired) electrons. The molecule has 0 aliphatic carbocycles. The number of anilines is 1. The highest BCUT2D eigenvalue weighted by molar-refractivity contribution is 7.89. The van der Waals surface area contributed by atoms with Crippen LogP contribution in [0.2, 0.25) is 0 Å². The smallest absolute Gasteiger partial charge is 0.262 e. The van der Waals surface area contributed by atoms with Crippen molar-refractivity contribution in [2.75, 3.05) is 38.7 Å². The third-order valence-electron chi connectivity index (χ3n) is 3.47. The summed E-state index contributed by atoms with van der Waals surface area (Å²) in [6, 6.07) is 3.39. The summed E-state index contributed by atoms with van der Waals surface area (Å²) in [6.45, 7) is 1.08. The van der Waals surface area contributed by atoms with Gasteiger partial charge in [-0.2, -0.15) is 4.31 Å². The van der Waals surface area contributed by atoms with Crippen LogP contribution in [0.25, 0.3) is 0 Å². The van der Waals surface area contributed by atoms with E-state index >= 15 is 0 Å². The largest absolute Gasteiger partial charge is 0.394 e. The summed E-state index contributed by atoms with van der Waals surface area (Å²) in [5, 5.41) is 11.7. The monoisotopic (exact) mass is 315 g/mol. The number of hydrogen-bond acceptors (Lipinski definition) is 6. The number of aromatic nitrogens is 1. The first-order valence-corrected chi connectivity index (χ1v) is 8.39. The molecule has 0 aromatic carbocycles. The van der Waals surface area contributed by atoms with E-state index in [1.807, 2.05) is 0 Å². The topological polar surface area (TPSA) is 91.8 Å². The SMILES string of the molecule is CNc1cccnc1S(=O)(=O)N1CCC(OCCO)CC1. The lowest BCUT2D eigenvalue weighted by Gasteiger charge is -2.31. The van der Waals surface area contributed by atoms with E-state index in [0.29, 0.717) is 38.2 Å². The van der Waals surface area contributed by atoms with Crippen molar-refractivity contribution in [1.82, 2.24) is 9.29 Å². The molecule has 0 atom stereocenters. The van der Waals surface area contributed by atoms with Gasteiger partial charge in [0.05, 0.1) is 25.0 Å². The Kier molecular flexibility index (Phi) is 5.51. The maximum absolute atomic E-state index is 12.6. The molecule has 2 N–H and O–H groups in total. The molecule has 21 heavy (non-hydrogen) atoms. The average molecular weight is 315 g/mol. The molecule has 118 valence electrons. The third-order valence-corrected chi connectivity index (χ3v) is 5.33. The van der Waals surface area contributed by atoms with Crippen molar-refractivity contribution in [3.05, 3.63) is 18.3 Å². The molecule has 1 aliphatic rings. The minimum atomic E-state index is -3.59. The van der Waals surface area contributed by atoms with E-state index in [0.717, 1.165) is 0 Å². The minimum Gasteiger partial charge on any atom is -0.394 e. The van der Waals surface area contributed by atoms with Gasteiger partial charge in [-0.15, -0.1) is 0 Å². The molecule has 2 rings (SSSR count). The van der Waals surface area contributed by atoms with E-state index in [1.165, 1.54) is 10.5 Å². The number of nitrogens with zero attached hydrogens (tertiary/aromatic N) is 2. The number of aliphatic hydroxyl groups is 1. The van der Waals surface area contributed by atoms with E-state index in [1.54, 1.807) is 19.2 Å². The lowest BCUT2D eigenvalue weighted by molar-refractivity contribution is 0.00316. The number of ether oxygens (including phenoxy) is 1. The maximum atomic E-state index is 12.6. The summed E-state index contributed by atoms with van der Waals surface area (Å²) in [7, 11) is -1.92. The summed E-state index contributed by atoms with van der Waals surface area (Å²) in [5.74, 6) is 0. The van der Waals surface area contributed by atoms with Gasteiger partial charge in [-0.1, -0.05) is 0 Å². The number of nitrogens with one attached hydrogen (secondary N) is 1. The highest BCUT2D eigenvalue weighted by atomic mass is 32.2. The zero-order valence-electron chi connectivity index (χ0n) is 12.0. The van der Waals surface area contributed by atoms with Crippen LogP contribution < -0.4 is 5.32 Å². The van der Waals surface area contributed by atoms with E-state index in [2.05, 4.69) is 10.3 Å². The molecule has 0 saturated carbocycles. The van der Waals surface area contributed by atoms with Gasteiger partial charge >= 0.3 is 0 Å². The second kappa shape index (κ2) is 7.17. The molecule has 1 aromatic heterocycles. The maximum Gasteiger partial charge on any atom is 0.262 e. The first-order chi connectivity index (χ1) is 10.1. The fourth-order valence-corrected chi connectivity index (χ4v) is 3.95. The minimum absolute atomic E-state index is 0.0103. The fraction of sp³-hybridized carbons (Fsp3) is 0.615. The van der Waals surface area contributed by atoms with Crippen LogP contribution in [0, 0.1) is 0 Å². The molecule has 1 aliphatic heterocycles. The molecule has 2 heterocycles. The highest BCUT2D eigenvalue weighted by Crippen LogP contribution is 2.25. The van der Waals surface area contributed by atoms with E-state index in [9.17, 15) is 8.42 Å². The van der Waals surface area contributed by atoms with Crippen LogP contribution in [0.15, 0.2) is 23.4 Å². The van der Waals surface area contributed by atoms with Gasteiger partial charge in [-0.25, -0.2) is 13.4 Å². The van der Waals surface area contributed by atoms with E-state index < -0.39 is 10.0 Å². The third kappa shape index (κ3) is 3.70. The predicted octanol–water partition coefficient (Wildman–Crippen LogP) is 0.285. The molecule has 0 spiro atoms. The summed E-state index contributed by atoms with van der Waals surface area (Å²) in [4.78, 5) is 4.01. The normalized spacial score (nSPS) is 17.8. The van der Waals surface area contributed by atoms with Gasteiger partial charge in [0.1, 0.15) is 0 Å². The van der Waals surface area contributed by atoms with Crippen LogP contribution in [-0.2, 0) is 14.8 Å². The van der Waals surface area contributed by atoms with Crippen molar-refractivity contribution in [3.8, 4) is 0 Å². The van der Waals surface area contributed by atoms with E-state index in [4.69, 9.17) is 9.84 Å². The van der Waals surface area contributed by atoms with Crippen molar-refractivity contribution in [2.24, 2.45) is 0 Å². The Balaban J connectivity index is 2.08. The number of pyridine rings is 1. The Bertz CT molecular complexity index is 556. The molecule has 0 bridgehead atoms. The molecule has 1 saturated heterocycles. The summed E-state index contributed by atoms with van der Waals surface area (Å²) in [5.41, 5.74) is 0.496. The molecule has 8 heteroatoms. The van der Waals surface area contributed by atoms with E-state index in [-0.39, 0.29) is 17.7 Å². The van der Waals surface area contributed by atoms with Crippen molar-refractivity contribution >= 4 is 15.7 Å². The Morgan fingerprint density at radius 2 is 2.19 bits per heavy atom. The van der Waals surface area contributed by atoms with Crippen molar-refractivity contribution in [1.29, 1.82) is 0 Å². The Morgan fingerprint density at radius 1 is 1.48 bits per heavy atom. The fourth-order valence-electron chi connectivity index (χ4n) is 2.37. The highest BCUT2D eigenvalue weighted by Gasteiger charge is 2.32. The number of hydrogen-bond donors (Lipinski definition) is 2. The van der Waals surface area contributed by atoms with Crippen molar-refractivity contribution in [2.45, 2.75) is 24.0 Å². The standard InChI is InChI=1S/C13H21N3O4S/c1-14-12-3-2-6-15-13(12)21(18,19)16-7-4-11(5-8-16)20-10-9-17/h2-3,6,11,14,17H,4-5,7-10H2,1H3. The number of rotatable bonds is 6. The molecule has 1 aromatic rings. The zero-order valence-corrected chi connectivity index (χ0v) is 12.8. The Morgan fingerprint density at radius 3 is 2.81 bits per heavy atom. The second-order valence-corrected chi connectivity index (χ2v) is 6.66. The van der Waals surface area contributed by atoms with Crippen LogP contribution in [0.3, 0.4) is 0 Å². The van der Waals surface area contributed by atoms with Crippen molar-refractivity contribution in [3.63, 3.8) is 0 Å². The molecule has 1 fully saturated rings. The van der Waals surface area contributed by atoms with Gasteiger partial charge in [-0.3, -0.25) is 0 Å². The zero-order chi connectivity index (χ0) is 15.3. The average Bonchev–Trinajstić information content (AvgIpc) is 2.53. The van der Waals surface area contributed by atoms with Gasteiger partial charge in [0.15, 0.2) is 5.03 Å². The summed E-state index contributed by atoms with van der Waals surface area (Å²) < 4.78 is 32.1. The van der Waals surface area contributed by atoms with Gasteiger partial charge < -0.3 is 15.2 Å². The predicted molar refractivity (Wildman–Crippen MR) is 78.6 cm³/mol. The first-order valence-electron chi connectivity index (χ1n) is 6.95. The Labute approximate surface area is 125 Å². The van der Waals surface area contributed by atoms with Crippen LogP contribution in [0.4, 0.5) is 5.69 Å². The Hall–Kier alpha value is -1.22. The summed E-state index contributed by atoms with van der Waals surface area (Å²) >= 11 is 0. The molecule has 7 nitrogen and oxygen atoms in total. The van der Waals surface area contributed by atoms with Crippen LogP contribution in [0.1, 0.15) is 12.8 Å². The first kappa shape index (κ1) is 16.2. The van der Waals surface area contributed by atoms with Crippen LogP contribution >= 0.6 is 0 Å². The number of piperidine rings is 1. The summed E-state index contributed by atoms with van der Waals surface area (Å²) in [6.07, 6.45) is 2.74. The number of aliphatic hydroxyl groups excluding tert-OH is 1. The quantitative estimate of drug-likeness (QED) is 0.784. The molecular weight excluding hydrogens is 294 g/mol. The lowest BCUT2D eigenvalue weighted by atomic mass is 10.1. The van der Waals surface area contributed by atoms with Gasteiger partial charge in [0, 0.05) is 26.3 Å². The van der Waals surface area contributed by atoms with Gasteiger partial charge in [0.2, 0.25) is 0 Å². The molecular formula is C13H21N3O4S.